The van der Waals surface area contributed by atoms with Gasteiger partial charge in [-0.15, -0.1) is 0 Å². The van der Waals surface area contributed by atoms with Gasteiger partial charge in [0.05, 0.1) is 15.7 Å². The fourth-order valence-electron chi connectivity index (χ4n) is 2.40. The van der Waals surface area contributed by atoms with Crippen LogP contribution in [0, 0.1) is 6.92 Å². The van der Waals surface area contributed by atoms with E-state index in [9.17, 15) is 4.79 Å². The predicted molar refractivity (Wildman–Crippen MR) is 91.8 cm³/mol. The summed E-state index contributed by atoms with van der Waals surface area (Å²) in [5, 5.41) is 4.68. The Hall–Kier alpha value is -1.97. The molecule has 3 nitrogen and oxygen atoms in total. The molecule has 0 spiro atoms. The van der Waals surface area contributed by atoms with Crippen molar-refractivity contribution in [3.8, 4) is 0 Å². The van der Waals surface area contributed by atoms with Gasteiger partial charge in [0.2, 0.25) is 5.91 Å². The first-order valence-corrected chi connectivity index (χ1v) is 7.59. The van der Waals surface area contributed by atoms with Crippen molar-refractivity contribution in [1.82, 2.24) is 4.57 Å². The Balaban J connectivity index is 1.80. The van der Waals surface area contributed by atoms with Crippen molar-refractivity contribution in [2.24, 2.45) is 0 Å². The zero-order valence-corrected chi connectivity index (χ0v) is 13.4. The molecule has 1 heterocycles. The first kappa shape index (κ1) is 14.9. The van der Waals surface area contributed by atoms with E-state index in [1.807, 2.05) is 35.9 Å². The molecule has 0 bridgehead atoms. The molecule has 0 aliphatic rings. The molecule has 22 heavy (non-hydrogen) atoms. The number of benzene rings is 2. The van der Waals surface area contributed by atoms with Crippen LogP contribution in [0.15, 0.2) is 48.7 Å². The summed E-state index contributed by atoms with van der Waals surface area (Å²) >= 11 is 12.0. The average molecular weight is 333 g/mol. The summed E-state index contributed by atoms with van der Waals surface area (Å²) in [6.07, 6.45) is 1.91. The van der Waals surface area contributed by atoms with Gasteiger partial charge in [0.1, 0.15) is 6.54 Å². The third-order valence-corrected chi connectivity index (χ3v) is 4.29. The normalized spacial score (nSPS) is 10.9. The Morgan fingerprint density at radius 3 is 2.82 bits per heavy atom. The summed E-state index contributed by atoms with van der Waals surface area (Å²) in [4.78, 5) is 12.2. The molecule has 0 atom stereocenters. The molecule has 2 aromatic carbocycles. The van der Waals surface area contributed by atoms with Crippen molar-refractivity contribution >= 4 is 45.7 Å². The maximum absolute atomic E-state index is 12.2. The molecule has 0 aliphatic carbocycles. The molecule has 5 heteroatoms. The highest BCUT2D eigenvalue weighted by atomic mass is 35.5. The molecule has 0 aliphatic heterocycles. The highest BCUT2D eigenvalue weighted by Gasteiger charge is 2.10. The molecule has 0 radical (unpaired) electrons. The van der Waals surface area contributed by atoms with E-state index >= 15 is 0 Å². The van der Waals surface area contributed by atoms with Gasteiger partial charge in [-0.1, -0.05) is 40.9 Å². The Bertz CT molecular complexity index is 855. The van der Waals surface area contributed by atoms with Gasteiger partial charge in [-0.25, -0.2) is 0 Å². The van der Waals surface area contributed by atoms with Crippen molar-refractivity contribution in [2.45, 2.75) is 13.5 Å². The van der Waals surface area contributed by atoms with Gasteiger partial charge in [-0.05, 0) is 42.6 Å². The molecular formula is C17H14Cl2N2O. The number of hydrogen-bond acceptors (Lipinski definition) is 1. The summed E-state index contributed by atoms with van der Waals surface area (Å²) in [5.74, 6) is -0.151. The Morgan fingerprint density at radius 1 is 1.18 bits per heavy atom. The van der Waals surface area contributed by atoms with Crippen molar-refractivity contribution < 1.29 is 4.79 Å². The van der Waals surface area contributed by atoms with Crippen LogP contribution in [-0.4, -0.2) is 10.5 Å². The fourth-order valence-corrected chi connectivity index (χ4v) is 2.75. The summed E-state index contributed by atoms with van der Waals surface area (Å²) in [7, 11) is 0. The number of carbonyl (C=O) groups excluding carboxylic acids is 1. The van der Waals surface area contributed by atoms with Crippen LogP contribution in [0.3, 0.4) is 0 Å². The zero-order chi connectivity index (χ0) is 15.7. The van der Waals surface area contributed by atoms with Gasteiger partial charge in [0, 0.05) is 11.7 Å². The second-order valence-corrected chi connectivity index (χ2v) is 5.94. The van der Waals surface area contributed by atoms with Crippen molar-refractivity contribution in [2.75, 3.05) is 5.32 Å². The quantitative estimate of drug-likeness (QED) is 0.727. The second-order valence-electron chi connectivity index (χ2n) is 5.16. The third kappa shape index (κ3) is 2.96. The topological polar surface area (TPSA) is 34.0 Å². The van der Waals surface area contributed by atoms with Gasteiger partial charge in [0.15, 0.2) is 0 Å². The van der Waals surface area contributed by atoms with E-state index < -0.39 is 0 Å². The van der Waals surface area contributed by atoms with E-state index in [-0.39, 0.29) is 12.5 Å². The number of aromatic nitrogens is 1. The van der Waals surface area contributed by atoms with E-state index in [1.165, 1.54) is 5.56 Å². The van der Waals surface area contributed by atoms with Gasteiger partial charge in [-0.2, -0.15) is 0 Å². The lowest BCUT2D eigenvalue weighted by atomic mass is 10.2. The molecule has 1 aromatic heterocycles. The number of nitrogens with one attached hydrogen (secondary N) is 1. The molecular weight excluding hydrogens is 319 g/mol. The SMILES string of the molecule is Cc1ccc2c(ccn2CC(=O)Nc2cccc(Cl)c2Cl)c1. The van der Waals surface area contributed by atoms with Crippen LogP contribution >= 0.6 is 23.2 Å². The predicted octanol–water partition coefficient (Wildman–Crippen LogP) is 4.90. The van der Waals surface area contributed by atoms with Gasteiger partial charge >= 0.3 is 0 Å². The molecule has 112 valence electrons. The number of amides is 1. The maximum Gasteiger partial charge on any atom is 0.244 e. The van der Waals surface area contributed by atoms with Gasteiger partial charge < -0.3 is 9.88 Å². The third-order valence-electron chi connectivity index (χ3n) is 3.47. The van der Waals surface area contributed by atoms with E-state index in [4.69, 9.17) is 23.2 Å². The average Bonchev–Trinajstić information content (AvgIpc) is 2.86. The summed E-state index contributed by atoms with van der Waals surface area (Å²) in [6, 6.07) is 13.3. The monoisotopic (exact) mass is 332 g/mol. The number of rotatable bonds is 3. The molecule has 0 fully saturated rings. The zero-order valence-electron chi connectivity index (χ0n) is 11.9. The number of anilines is 1. The molecule has 3 rings (SSSR count). The van der Waals surface area contributed by atoms with Crippen molar-refractivity contribution in [1.29, 1.82) is 0 Å². The summed E-state index contributed by atoms with van der Waals surface area (Å²) < 4.78 is 1.91. The first-order valence-electron chi connectivity index (χ1n) is 6.84. The fraction of sp³-hybridized carbons (Fsp3) is 0.118. The number of nitrogens with zero attached hydrogens (tertiary/aromatic N) is 1. The van der Waals surface area contributed by atoms with Crippen LogP contribution in [0.25, 0.3) is 10.9 Å². The van der Waals surface area contributed by atoms with Crippen LogP contribution in [-0.2, 0) is 11.3 Å². The summed E-state index contributed by atoms with van der Waals surface area (Å²) in [6.45, 7) is 2.26. The highest BCUT2D eigenvalue weighted by molar-refractivity contribution is 6.43. The first-order chi connectivity index (χ1) is 10.5. The van der Waals surface area contributed by atoms with E-state index in [2.05, 4.69) is 11.4 Å². The number of aryl methyl sites for hydroxylation is 1. The van der Waals surface area contributed by atoms with E-state index in [0.717, 1.165) is 10.9 Å². The lowest BCUT2D eigenvalue weighted by molar-refractivity contribution is -0.116. The van der Waals surface area contributed by atoms with Gasteiger partial charge in [-0.3, -0.25) is 4.79 Å². The minimum atomic E-state index is -0.151. The maximum atomic E-state index is 12.2. The number of halogens is 2. The second kappa shape index (κ2) is 6.03. The van der Waals surface area contributed by atoms with Crippen LogP contribution in [0.2, 0.25) is 10.0 Å². The number of hydrogen-bond donors (Lipinski definition) is 1. The standard InChI is InChI=1S/C17H14Cl2N2O/c1-11-5-6-15-12(9-11)7-8-21(15)10-16(22)20-14-4-2-3-13(18)17(14)19/h2-9H,10H2,1H3,(H,20,22). The lowest BCUT2D eigenvalue weighted by Crippen LogP contribution is -2.18. The van der Waals surface area contributed by atoms with Gasteiger partial charge in [0.25, 0.3) is 0 Å². The van der Waals surface area contributed by atoms with Crippen molar-refractivity contribution in [3.63, 3.8) is 0 Å². The minimum absolute atomic E-state index is 0.151. The Morgan fingerprint density at radius 2 is 2.00 bits per heavy atom. The smallest absolute Gasteiger partial charge is 0.244 e. The highest BCUT2D eigenvalue weighted by Crippen LogP contribution is 2.29. The van der Waals surface area contributed by atoms with Crippen molar-refractivity contribution in [3.05, 3.63) is 64.3 Å². The molecule has 1 amide bonds. The molecule has 0 unspecified atom stereocenters. The lowest BCUT2D eigenvalue weighted by Gasteiger charge is -2.09. The largest absolute Gasteiger partial charge is 0.338 e. The van der Waals surface area contributed by atoms with Crippen LogP contribution in [0.1, 0.15) is 5.56 Å². The van der Waals surface area contributed by atoms with Crippen LogP contribution in [0.5, 0.6) is 0 Å². The molecule has 0 saturated heterocycles. The van der Waals surface area contributed by atoms with Crippen LogP contribution in [0.4, 0.5) is 5.69 Å². The molecule has 1 N–H and O–H groups in total. The van der Waals surface area contributed by atoms with E-state index in [0.29, 0.717) is 15.7 Å². The number of fused-ring (bicyclic) bond motifs is 1. The Labute approximate surface area is 138 Å². The molecule has 0 saturated carbocycles. The van der Waals surface area contributed by atoms with Crippen LogP contribution < -0.4 is 5.32 Å². The summed E-state index contributed by atoms with van der Waals surface area (Å²) in [5.41, 5.74) is 2.74. The minimum Gasteiger partial charge on any atom is -0.338 e. The Kier molecular flexibility index (Phi) is 4.10. The number of carbonyl (C=O) groups is 1. The van der Waals surface area contributed by atoms with E-state index in [1.54, 1.807) is 18.2 Å². The molecule has 3 aromatic rings.